The first-order valence-corrected chi connectivity index (χ1v) is 9.35. The van der Waals surface area contributed by atoms with E-state index in [2.05, 4.69) is 38.0 Å². The second-order valence-corrected chi connectivity index (χ2v) is 7.56. The van der Waals surface area contributed by atoms with Crippen LogP contribution in [0.5, 0.6) is 0 Å². The number of ketones is 1. The highest BCUT2D eigenvalue weighted by atomic mass is 79.9. The summed E-state index contributed by atoms with van der Waals surface area (Å²) in [6.45, 7) is -0.505. The molecule has 0 bridgehead atoms. The van der Waals surface area contributed by atoms with Crippen LogP contribution in [0, 0.1) is 0 Å². The Bertz CT molecular complexity index is 822. The van der Waals surface area contributed by atoms with Gasteiger partial charge in [0.05, 0.1) is 12.1 Å². The lowest BCUT2D eigenvalue weighted by Gasteiger charge is -2.42. The molecule has 1 amide bonds. The molecule has 1 aromatic carbocycles. The predicted octanol–water partition coefficient (Wildman–Crippen LogP) is 3.47. The van der Waals surface area contributed by atoms with E-state index in [4.69, 9.17) is 0 Å². The molecule has 0 spiro atoms. The summed E-state index contributed by atoms with van der Waals surface area (Å²) < 4.78 is 25.3. The molecule has 0 unspecified atom stereocenters. The van der Waals surface area contributed by atoms with Crippen LogP contribution >= 0.6 is 15.9 Å². The number of alkyl halides is 2. The van der Waals surface area contributed by atoms with Crippen molar-refractivity contribution in [2.24, 2.45) is 0 Å². The van der Waals surface area contributed by atoms with Gasteiger partial charge in [0.25, 0.3) is 5.91 Å². The predicted molar refractivity (Wildman–Crippen MR) is 98.8 cm³/mol. The van der Waals surface area contributed by atoms with E-state index in [1.54, 1.807) is 0 Å². The average molecular weight is 438 g/mol. The van der Waals surface area contributed by atoms with Gasteiger partial charge in [0, 0.05) is 28.7 Å². The van der Waals surface area contributed by atoms with Crippen molar-refractivity contribution in [2.45, 2.75) is 37.5 Å². The summed E-state index contributed by atoms with van der Waals surface area (Å²) >= 11 is 3.45. The number of aromatic nitrogens is 2. The van der Waals surface area contributed by atoms with E-state index in [9.17, 15) is 18.4 Å². The highest BCUT2D eigenvalue weighted by Gasteiger charge is 2.39. The molecule has 27 heavy (non-hydrogen) atoms. The fourth-order valence-electron chi connectivity index (χ4n) is 3.21. The maximum atomic E-state index is 12.1. The van der Waals surface area contributed by atoms with Crippen molar-refractivity contribution in [3.63, 3.8) is 0 Å². The summed E-state index contributed by atoms with van der Waals surface area (Å²) in [5.41, 5.74) is 1.44. The zero-order valence-corrected chi connectivity index (χ0v) is 16.0. The average Bonchev–Trinajstić information content (AvgIpc) is 2.63. The summed E-state index contributed by atoms with van der Waals surface area (Å²) in [5.74, 6) is -1.35. The van der Waals surface area contributed by atoms with E-state index in [-0.39, 0.29) is 11.0 Å². The highest BCUT2D eigenvalue weighted by Crippen LogP contribution is 2.45. The maximum absolute atomic E-state index is 12.1. The molecule has 1 saturated carbocycles. The molecule has 1 aliphatic carbocycles. The van der Waals surface area contributed by atoms with Gasteiger partial charge in [-0.1, -0.05) is 34.5 Å². The zero-order valence-electron chi connectivity index (χ0n) is 14.4. The maximum Gasteiger partial charge on any atom is 0.315 e. The molecule has 1 aromatic heterocycles. The van der Waals surface area contributed by atoms with Crippen LogP contribution in [-0.4, -0.2) is 34.6 Å². The Labute approximate surface area is 163 Å². The van der Waals surface area contributed by atoms with E-state index in [0.29, 0.717) is 12.2 Å². The lowest BCUT2D eigenvalue weighted by atomic mass is 9.62. The van der Waals surface area contributed by atoms with E-state index in [1.165, 1.54) is 18.0 Å². The molecule has 3 rings (SSSR count). The Morgan fingerprint density at radius 3 is 2.30 bits per heavy atom. The molecule has 1 heterocycles. The first-order chi connectivity index (χ1) is 12.9. The first-order valence-electron chi connectivity index (χ1n) is 8.56. The van der Waals surface area contributed by atoms with E-state index in [1.807, 2.05) is 17.4 Å². The fraction of sp³-hybridized carbons (Fsp3) is 0.368. The summed E-state index contributed by atoms with van der Waals surface area (Å²) in [7, 11) is 0. The summed E-state index contributed by atoms with van der Waals surface area (Å²) in [5, 5.41) is 1.88. The van der Waals surface area contributed by atoms with Crippen molar-refractivity contribution >= 4 is 27.6 Å². The standard InChI is InChI=1S/C19H18BrF2N3O2/c20-14-4-2-13(3-5-14)19(6-1-7-19)8-16-23-9-12(10-24-16)15(26)11-25-18(27)17(21)22/h2-5,9-10,17H,1,6-8,11H2,(H,25,27). The lowest BCUT2D eigenvalue weighted by Crippen LogP contribution is -2.37. The van der Waals surface area contributed by atoms with E-state index >= 15 is 0 Å². The number of nitrogens with zero attached hydrogens (tertiary/aromatic N) is 2. The summed E-state index contributed by atoms with van der Waals surface area (Å²) in [6, 6.07) is 8.25. The number of carbonyl (C=O) groups is 2. The molecule has 142 valence electrons. The molecule has 0 atom stereocenters. The number of amides is 1. The smallest absolute Gasteiger partial charge is 0.315 e. The number of carbonyl (C=O) groups excluding carboxylic acids is 2. The minimum Gasteiger partial charge on any atom is -0.344 e. The number of hydrogen-bond donors (Lipinski definition) is 1. The monoisotopic (exact) mass is 437 g/mol. The minimum atomic E-state index is -3.14. The van der Waals surface area contributed by atoms with Crippen LogP contribution in [0.25, 0.3) is 0 Å². The molecule has 5 nitrogen and oxygen atoms in total. The number of nitrogens with one attached hydrogen (secondary N) is 1. The Kier molecular flexibility index (Phi) is 5.94. The van der Waals surface area contributed by atoms with Crippen LogP contribution in [0.1, 0.15) is 41.0 Å². The third kappa shape index (κ3) is 4.55. The van der Waals surface area contributed by atoms with Gasteiger partial charge in [-0.3, -0.25) is 9.59 Å². The van der Waals surface area contributed by atoms with Gasteiger partial charge in [-0.2, -0.15) is 8.78 Å². The molecular weight excluding hydrogens is 420 g/mol. The van der Waals surface area contributed by atoms with Gasteiger partial charge in [0.2, 0.25) is 0 Å². The van der Waals surface area contributed by atoms with Crippen molar-refractivity contribution in [2.75, 3.05) is 6.54 Å². The van der Waals surface area contributed by atoms with Gasteiger partial charge in [-0.15, -0.1) is 0 Å². The number of rotatable bonds is 7. The first kappa shape index (κ1) is 19.5. The topological polar surface area (TPSA) is 72.0 Å². The summed E-state index contributed by atoms with van der Waals surface area (Å²) in [4.78, 5) is 31.3. The molecule has 1 fully saturated rings. The highest BCUT2D eigenvalue weighted by molar-refractivity contribution is 9.10. The minimum absolute atomic E-state index is 0.0114. The van der Waals surface area contributed by atoms with E-state index < -0.39 is 24.7 Å². The van der Waals surface area contributed by atoms with Crippen LogP contribution in [0.2, 0.25) is 0 Å². The molecule has 8 heteroatoms. The van der Waals surface area contributed by atoms with Crippen molar-refractivity contribution in [1.29, 1.82) is 0 Å². The molecule has 0 radical (unpaired) electrons. The zero-order chi connectivity index (χ0) is 19.4. The van der Waals surface area contributed by atoms with Gasteiger partial charge < -0.3 is 5.32 Å². The normalized spacial score (nSPS) is 15.3. The van der Waals surface area contributed by atoms with Crippen molar-refractivity contribution in [3.8, 4) is 0 Å². The molecule has 0 saturated heterocycles. The third-order valence-corrected chi connectivity index (χ3v) is 5.44. The molecular formula is C19H18BrF2N3O2. The van der Waals surface area contributed by atoms with Crippen LogP contribution < -0.4 is 5.32 Å². The van der Waals surface area contributed by atoms with Crippen LogP contribution in [0.3, 0.4) is 0 Å². The lowest BCUT2D eigenvalue weighted by molar-refractivity contribution is -0.131. The largest absolute Gasteiger partial charge is 0.344 e. The third-order valence-electron chi connectivity index (χ3n) is 4.91. The Morgan fingerprint density at radius 2 is 1.78 bits per heavy atom. The van der Waals surface area contributed by atoms with Gasteiger partial charge in [0.1, 0.15) is 5.82 Å². The number of benzene rings is 1. The molecule has 1 aliphatic rings. The SMILES string of the molecule is O=C(CNC(=O)C(F)F)c1cnc(CC2(c3ccc(Br)cc3)CCC2)nc1. The second-order valence-electron chi connectivity index (χ2n) is 6.65. The number of halogens is 3. The van der Waals surface area contributed by atoms with E-state index in [0.717, 1.165) is 23.7 Å². The quantitative estimate of drug-likeness (QED) is 0.673. The van der Waals surface area contributed by atoms with Crippen molar-refractivity contribution in [3.05, 3.63) is 58.1 Å². The van der Waals surface area contributed by atoms with Crippen LogP contribution in [-0.2, 0) is 16.6 Å². The van der Waals surface area contributed by atoms with Crippen LogP contribution in [0.4, 0.5) is 8.78 Å². The fourth-order valence-corrected chi connectivity index (χ4v) is 3.48. The van der Waals surface area contributed by atoms with Crippen LogP contribution in [0.15, 0.2) is 41.1 Å². The summed E-state index contributed by atoms with van der Waals surface area (Å²) in [6.07, 6.45) is 3.55. The second kappa shape index (κ2) is 8.21. The molecule has 2 aromatic rings. The van der Waals surface area contributed by atoms with Gasteiger partial charge in [-0.25, -0.2) is 9.97 Å². The molecule has 0 aliphatic heterocycles. The Balaban J connectivity index is 1.65. The van der Waals surface area contributed by atoms with Gasteiger partial charge in [0.15, 0.2) is 5.78 Å². The Morgan fingerprint density at radius 1 is 1.15 bits per heavy atom. The van der Waals surface area contributed by atoms with Gasteiger partial charge >= 0.3 is 6.43 Å². The van der Waals surface area contributed by atoms with Gasteiger partial charge in [-0.05, 0) is 30.5 Å². The number of Topliss-reactive ketones (excluding diaryl/α,β-unsaturated/α-hetero) is 1. The Hall–Kier alpha value is -2.22. The van der Waals surface area contributed by atoms with Crippen molar-refractivity contribution in [1.82, 2.24) is 15.3 Å². The number of hydrogen-bond acceptors (Lipinski definition) is 4. The molecule has 1 N–H and O–H groups in total. The van der Waals surface area contributed by atoms with Crippen molar-refractivity contribution < 1.29 is 18.4 Å².